The number of hydrogen-bond donors (Lipinski definition) is 0. The molecule has 0 atom stereocenters. The molecule has 0 unspecified atom stereocenters. The predicted molar refractivity (Wildman–Crippen MR) is 75.0 cm³/mol. The molecule has 0 spiro atoms. The largest absolute Gasteiger partial charge is 0.337 e. The third-order valence-corrected chi connectivity index (χ3v) is 3.03. The Labute approximate surface area is 114 Å². The third kappa shape index (κ3) is 4.65. The Kier molecular flexibility index (Phi) is 6.73. The van der Waals surface area contributed by atoms with Crippen molar-refractivity contribution in [2.45, 2.75) is 39.5 Å². The predicted octanol–water partition coefficient (Wildman–Crippen LogP) is 3.78. The molecular formula is C14H21ClN2O. The van der Waals surface area contributed by atoms with Gasteiger partial charge in [-0.25, -0.2) is 0 Å². The SMILES string of the molecule is CCCCN(CCCC)C(=O)c1cc(Cl)ccn1. The second-order valence-corrected chi connectivity index (χ2v) is 4.80. The highest BCUT2D eigenvalue weighted by atomic mass is 35.5. The van der Waals surface area contributed by atoms with Gasteiger partial charge in [0.1, 0.15) is 5.69 Å². The normalized spacial score (nSPS) is 10.4. The van der Waals surface area contributed by atoms with E-state index in [1.54, 1.807) is 18.3 Å². The van der Waals surface area contributed by atoms with E-state index in [9.17, 15) is 4.79 Å². The first-order chi connectivity index (χ1) is 8.69. The lowest BCUT2D eigenvalue weighted by Crippen LogP contribution is -2.33. The maximum absolute atomic E-state index is 12.3. The Bertz CT molecular complexity index is 374. The summed E-state index contributed by atoms with van der Waals surface area (Å²) in [6.07, 6.45) is 5.79. The van der Waals surface area contributed by atoms with Crippen LogP contribution in [0.4, 0.5) is 0 Å². The van der Waals surface area contributed by atoms with E-state index in [2.05, 4.69) is 18.8 Å². The highest BCUT2D eigenvalue weighted by molar-refractivity contribution is 6.30. The van der Waals surface area contributed by atoms with Gasteiger partial charge in [-0.05, 0) is 25.0 Å². The maximum atomic E-state index is 12.3. The van der Waals surface area contributed by atoms with Crippen LogP contribution in [0.2, 0.25) is 5.02 Å². The third-order valence-electron chi connectivity index (χ3n) is 2.79. The van der Waals surface area contributed by atoms with Gasteiger partial charge >= 0.3 is 0 Å². The molecule has 0 bridgehead atoms. The van der Waals surface area contributed by atoms with Crippen molar-refractivity contribution in [3.63, 3.8) is 0 Å². The fourth-order valence-corrected chi connectivity index (χ4v) is 1.86. The number of amides is 1. The molecule has 100 valence electrons. The maximum Gasteiger partial charge on any atom is 0.272 e. The van der Waals surface area contributed by atoms with Crippen LogP contribution < -0.4 is 0 Å². The van der Waals surface area contributed by atoms with Gasteiger partial charge in [0.2, 0.25) is 0 Å². The molecule has 0 N–H and O–H groups in total. The van der Waals surface area contributed by atoms with Crippen molar-refractivity contribution in [2.75, 3.05) is 13.1 Å². The van der Waals surface area contributed by atoms with Crippen LogP contribution in [0.25, 0.3) is 0 Å². The van der Waals surface area contributed by atoms with Gasteiger partial charge in [0.15, 0.2) is 0 Å². The molecule has 0 saturated heterocycles. The zero-order valence-electron chi connectivity index (χ0n) is 11.2. The molecule has 0 saturated carbocycles. The van der Waals surface area contributed by atoms with Crippen molar-refractivity contribution in [3.8, 4) is 0 Å². The van der Waals surface area contributed by atoms with Gasteiger partial charge in [-0.1, -0.05) is 38.3 Å². The molecule has 1 amide bonds. The molecule has 0 radical (unpaired) electrons. The molecule has 1 aromatic rings. The van der Waals surface area contributed by atoms with E-state index >= 15 is 0 Å². The van der Waals surface area contributed by atoms with Crippen molar-refractivity contribution in [1.82, 2.24) is 9.88 Å². The minimum Gasteiger partial charge on any atom is -0.337 e. The number of pyridine rings is 1. The summed E-state index contributed by atoms with van der Waals surface area (Å²) in [7, 11) is 0. The summed E-state index contributed by atoms with van der Waals surface area (Å²) in [6.45, 7) is 5.84. The number of carbonyl (C=O) groups excluding carboxylic acids is 1. The van der Waals surface area contributed by atoms with E-state index in [0.717, 1.165) is 38.8 Å². The van der Waals surface area contributed by atoms with E-state index in [1.165, 1.54) is 0 Å². The number of unbranched alkanes of at least 4 members (excludes halogenated alkanes) is 2. The number of halogens is 1. The van der Waals surface area contributed by atoms with Crippen molar-refractivity contribution in [2.24, 2.45) is 0 Å². The van der Waals surface area contributed by atoms with Crippen LogP contribution in [-0.4, -0.2) is 28.9 Å². The van der Waals surface area contributed by atoms with Crippen LogP contribution in [0.5, 0.6) is 0 Å². The zero-order valence-corrected chi connectivity index (χ0v) is 11.9. The fraction of sp³-hybridized carbons (Fsp3) is 0.571. The standard InChI is InChI=1S/C14H21ClN2O/c1-3-5-9-17(10-6-4-2)14(18)13-11-12(15)7-8-16-13/h7-8,11H,3-6,9-10H2,1-2H3. The summed E-state index contributed by atoms with van der Waals surface area (Å²) in [5.74, 6) is -0.0144. The molecule has 18 heavy (non-hydrogen) atoms. The van der Waals surface area contributed by atoms with Crippen molar-refractivity contribution in [3.05, 3.63) is 29.0 Å². The summed E-state index contributed by atoms with van der Waals surface area (Å²) < 4.78 is 0. The Balaban J connectivity index is 2.73. The molecule has 0 fully saturated rings. The van der Waals surface area contributed by atoms with Crippen LogP contribution in [0.3, 0.4) is 0 Å². The molecule has 0 aliphatic carbocycles. The number of rotatable bonds is 7. The molecule has 0 aromatic carbocycles. The first-order valence-electron chi connectivity index (χ1n) is 6.59. The minimum atomic E-state index is -0.0144. The van der Waals surface area contributed by atoms with Gasteiger partial charge in [0.25, 0.3) is 5.91 Å². The van der Waals surface area contributed by atoms with Crippen molar-refractivity contribution >= 4 is 17.5 Å². The second kappa shape index (κ2) is 8.09. The second-order valence-electron chi connectivity index (χ2n) is 4.36. The monoisotopic (exact) mass is 268 g/mol. The molecule has 1 heterocycles. The average molecular weight is 269 g/mol. The zero-order chi connectivity index (χ0) is 13.4. The lowest BCUT2D eigenvalue weighted by Gasteiger charge is -2.22. The number of nitrogens with zero attached hydrogens (tertiary/aromatic N) is 2. The van der Waals surface area contributed by atoms with Crippen LogP contribution in [0, 0.1) is 0 Å². The lowest BCUT2D eigenvalue weighted by molar-refractivity contribution is 0.0745. The van der Waals surface area contributed by atoms with E-state index in [-0.39, 0.29) is 5.91 Å². The molecule has 1 aromatic heterocycles. The molecular weight excluding hydrogens is 248 g/mol. The summed E-state index contributed by atoms with van der Waals surface area (Å²) in [5, 5.41) is 0.555. The summed E-state index contributed by atoms with van der Waals surface area (Å²) >= 11 is 5.89. The van der Waals surface area contributed by atoms with E-state index in [1.807, 2.05) is 4.90 Å². The van der Waals surface area contributed by atoms with Gasteiger partial charge in [-0.3, -0.25) is 9.78 Å². The topological polar surface area (TPSA) is 33.2 Å². The highest BCUT2D eigenvalue weighted by Crippen LogP contribution is 2.11. The lowest BCUT2D eigenvalue weighted by atomic mass is 10.2. The van der Waals surface area contributed by atoms with E-state index in [0.29, 0.717) is 10.7 Å². The molecule has 1 rings (SSSR count). The highest BCUT2D eigenvalue weighted by Gasteiger charge is 2.16. The Morgan fingerprint density at radius 1 is 1.28 bits per heavy atom. The number of aromatic nitrogens is 1. The summed E-state index contributed by atoms with van der Waals surface area (Å²) in [5.41, 5.74) is 0.440. The van der Waals surface area contributed by atoms with Crippen LogP contribution in [-0.2, 0) is 0 Å². The quantitative estimate of drug-likeness (QED) is 0.754. The van der Waals surface area contributed by atoms with Crippen molar-refractivity contribution < 1.29 is 4.79 Å². The first-order valence-corrected chi connectivity index (χ1v) is 6.97. The average Bonchev–Trinajstić information content (AvgIpc) is 2.38. The molecule has 0 aliphatic rings. The van der Waals surface area contributed by atoms with Crippen LogP contribution >= 0.6 is 11.6 Å². The van der Waals surface area contributed by atoms with Gasteiger partial charge < -0.3 is 4.90 Å². The number of carbonyl (C=O) groups is 1. The van der Waals surface area contributed by atoms with Crippen LogP contribution in [0.1, 0.15) is 50.0 Å². The van der Waals surface area contributed by atoms with Gasteiger partial charge in [-0.2, -0.15) is 0 Å². The van der Waals surface area contributed by atoms with Crippen molar-refractivity contribution in [1.29, 1.82) is 0 Å². The minimum absolute atomic E-state index is 0.0144. The molecule has 0 aliphatic heterocycles. The van der Waals surface area contributed by atoms with Crippen LogP contribution in [0.15, 0.2) is 18.3 Å². The fourth-order valence-electron chi connectivity index (χ4n) is 1.70. The van der Waals surface area contributed by atoms with Gasteiger partial charge in [0.05, 0.1) is 0 Å². The smallest absolute Gasteiger partial charge is 0.272 e. The molecule has 3 nitrogen and oxygen atoms in total. The van der Waals surface area contributed by atoms with E-state index in [4.69, 9.17) is 11.6 Å². The Morgan fingerprint density at radius 3 is 2.39 bits per heavy atom. The Hall–Kier alpha value is -1.09. The molecule has 4 heteroatoms. The Morgan fingerprint density at radius 2 is 1.89 bits per heavy atom. The van der Waals surface area contributed by atoms with Gasteiger partial charge in [0, 0.05) is 24.3 Å². The van der Waals surface area contributed by atoms with Gasteiger partial charge in [-0.15, -0.1) is 0 Å². The first kappa shape index (κ1) is 15.0. The number of hydrogen-bond acceptors (Lipinski definition) is 2. The van der Waals surface area contributed by atoms with E-state index < -0.39 is 0 Å². The summed E-state index contributed by atoms with van der Waals surface area (Å²) in [4.78, 5) is 18.3. The summed E-state index contributed by atoms with van der Waals surface area (Å²) in [6, 6.07) is 3.32.